The number of nitrogens with zero attached hydrogens (tertiary/aromatic N) is 2. The molecule has 0 saturated carbocycles. The summed E-state index contributed by atoms with van der Waals surface area (Å²) in [5.74, 6) is 0. The van der Waals surface area contributed by atoms with Gasteiger partial charge in [-0.2, -0.15) is 5.10 Å². The molecule has 70 valence electrons. The average molecular weight is 186 g/mol. The van der Waals surface area contributed by atoms with Crippen molar-refractivity contribution in [2.75, 3.05) is 0 Å². The fourth-order valence-electron chi connectivity index (χ4n) is 1.39. The lowest BCUT2D eigenvalue weighted by atomic mass is 10.3. The zero-order valence-electron chi connectivity index (χ0n) is 7.84. The van der Waals surface area contributed by atoms with E-state index in [1.54, 1.807) is 10.7 Å². The quantitative estimate of drug-likeness (QED) is 0.672. The highest BCUT2D eigenvalue weighted by Gasteiger charge is 2.03. The number of carbonyl (C=O) groups excluding carboxylic acids is 1. The van der Waals surface area contributed by atoms with Crippen molar-refractivity contribution in [3.8, 4) is 5.69 Å². The summed E-state index contributed by atoms with van der Waals surface area (Å²) in [6.07, 6.45) is 0.756. The van der Waals surface area contributed by atoms with Gasteiger partial charge in [-0.15, -0.1) is 0 Å². The molecule has 0 atom stereocenters. The first-order valence-electron chi connectivity index (χ1n) is 4.38. The molecule has 0 aliphatic carbocycles. The Kier molecular flexibility index (Phi) is 2.14. The Labute approximate surface area is 82.0 Å². The summed E-state index contributed by atoms with van der Waals surface area (Å²) < 4.78 is 1.75. The first-order valence-corrected chi connectivity index (χ1v) is 4.38. The largest absolute Gasteiger partial charge is 0.296 e. The Hall–Kier alpha value is -1.90. The number of hydrogen-bond donors (Lipinski definition) is 0. The Balaban J connectivity index is 2.51. The molecular weight excluding hydrogens is 176 g/mol. The normalized spacial score (nSPS) is 10.1. The van der Waals surface area contributed by atoms with Gasteiger partial charge in [0.15, 0.2) is 6.29 Å². The van der Waals surface area contributed by atoms with Crippen molar-refractivity contribution in [2.24, 2.45) is 0 Å². The third kappa shape index (κ3) is 1.44. The van der Waals surface area contributed by atoms with E-state index >= 15 is 0 Å². The molecule has 3 heteroatoms. The van der Waals surface area contributed by atoms with Crippen molar-refractivity contribution >= 4 is 6.29 Å². The van der Waals surface area contributed by atoms with Gasteiger partial charge in [-0.3, -0.25) is 4.79 Å². The number of para-hydroxylation sites is 1. The van der Waals surface area contributed by atoms with Crippen molar-refractivity contribution in [1.82, 2.24) is 9.78 Å². The molecule has 0 radical (unpaired) electrons. The third-order valence-corrected chi connectivity index (χ3v) is 2.03. The number of carbonyl (C=O) groups is 1. The molecule has 1 aromatic carbocycles. The molecular formula is C11H10N2O. The SMILES string of the molecule is Cc1cc(C=O)nn1-c1ccccc1. The van der Waals surface area contributed by atoms with Gasteiger partial charge < -0.3 is 0 Å². The first kappa shape index (κ1) is 8.69. The van der Waals surface area contributed by atoms with Gasteiger partial charge in [0.2, 0.25) is 0 Å². The van der Waals surface area contributed by atoms with Crippen molar-refractivity contribution in [3.05, 3.63) is 47.8 Å². The van der Waals surface area contributed by atoms with Gasteiger partial charge in [0.1, 0.15) is 5.69 Å². The van der Waals surface area contributed by atoms with Crippen LogP contribution in [-0.2, 0) is 0 Å². The minimum atomic E-state index is 0.464. The second-order valence-corrected chi connectivity index (χ2v) is 3.08. The summed E-state index contributed by atoms with van der Waals surface area (Å²) in [5.41, 5.74) is 2.39. The molecule has 2 rings (SSSR count). The predicted octanol–water partition coefficient (Wildman–Crippen LogP) is 1.99. The smallest absolute Gasteiger partial charge is 0.170 e. The molecule has 0 N–H and O–H groups in total. The van der Waals surface area contributed by atoms with Crippen LogP contribution in [0.25, 0.3) is 5.69 Å². The van der Waals surface area contributed by atoms with E-state index in [2.05, 4.69) is 5.10 Å². The minimum Gasteiger partial charge on any atom is -0.296 e. The maximum absolute atomic E-state index is 10.5. The van der Waals surface area contributed by atoms with Crippen LogP contribution >= 0.6 is 0 Å². The van der Waals surface area contributed by atoms with Crippen LogP contribution in [0.3, 0.4) is 0 Å². The van der Waals surface area contributed by atoms with Gasteiger partial charge in [-0.05, 0) is 25.1 Å². The molecule has 2 aromatic rings. The van der Waals surface area contributed by atoms with Gasteiger partial charge in [0.05, 0.1) is 5.69 Å². The summed E-state index contributed by atoms with van der Waals surface area (Å²) in [4.78, 5) is 10.5. The van der Waals surface area contributed by atoms with E-state index in [1.165, 1.54) is 0 Å². The van der Waals surface area contributed by atoms with Crippen LogP contribution in [0.4, 0.5) is 0 Å². The van der Waals surface area contributed by atoms with Gasteiger partial charge >= 0.3 is 0 Å². The monoisotopic (exact) mass is 186 g/mol. The van der Waals surface area contributed by atoms with Crippen LogP contribution < -0.4 is 0 Å². The number of aryl methyl sites for hydroxylation is 1. The number of hydrogen-bond acceptors (Lipinski definition) is 2. The molecule has 14 heavy (non-hydrogen) atoms. The second-order valence-electron chi connectivity index (χ2n) is 3.08. The maximum atomic E-state index is 10.5. The Morgan fingerprint density at radius 3 is 2.57 bits per heavy atom. The Morgan fingerprint density at radius 1 is 1.29 bits per heavy atom. The summed E-state index contributed by atoms with van der Waals surface area (Å²) in [5, 5.41) is 4.15. The highest BCUT2D eigenvalue weighted by molar-refractivity contribution is 5.71. The first-order chi connectivity index (χ1) is 6.81. The molecule has 0 aliphatic heterocycles. The molecule has 1 heterocycles. The van der Waals surface area contributed by atoms with E-state index in [4.69, 9.17) is 0 Å². The third-order valence-electron chi connectivity index (χ3n) is 2.03. The number of aromatic nitrogens is 2. The highest BCUT2D eigenvalue weighted by Crippen LogP contribution is 2.10. The van der Waals surface area contributed by atoms with Crippen molar-refractivity contribution in [2.45, 2.75) is 6.92 Å². The fraction of sp³-hybridized carbons (Fsp3) is 0.0909. The van der Waals surface area contributed by atoms with Crippen LogP contribution in [0, 0.1) is 6.92 Å². The maximum Gasteiger partial charge on any atom is 0.170 e. The second kappa shape index (κ2) is 3.46. The van der Waals surface area contributed by atoms with Crippen molar-refractivity contribution in [1.29, 1.82) is 0 Å². The zero-order chi connectivity index (χ0) is 9.97. The highest BCUT2D eigenvalue weighted by atomic mass is 16.1. The molecule has 0 fully saturated rings. The Morgan fingerprint density at radius 2 is 2.00 bits per heavy atom. The van der Waals surface area contributed by atoms with Gasteiger partial charge in [0.25, 0.3) is 0 Å². The average Bonchev–Trinajstić information content (AvgIpc) is 2.61. The van der Waals surface area contributed by atoms with E-state index in [-0.39, 0.29) is 0 Å². The molecule has 0 saturated heterocycles. The number of aldehydes is 1. The molecule has 0 bridgehead atoms. The minimum absolute atomic E-state index is 0.464. The summed E-state index contributed by atoms with van der Waals surface area (Å²) in [6, 6.07) is 11.5. The summed E-state index contributed by atoms with van der Waals surface area (Å²) >= 11 is 0. The number of rotatable bonds is 2. The molecule has 0 spiro atoms. The van der Waals surface area contributed by atoms with Crippen LogP contribution in [0.15, 0.2) is 36.4 Å². The van der Waals surface area contributed by atoms with Crippen molar-refractivity contribution < 1.29 is 4.79 Å². The van der Waals surface area contributed by atoms with Crippen LogP contribution in [0.5, 0.6) is 0 Å². The van der Waals surface area contributed by atoms with Crippen LogP contribution in [0.1, 0.15) is 16.2 Å². The van der Waals surface area contributed by atoms with E-state index in [0.29, 0.717) is 5.69 Å². The summed E-state index contributed by atoms with van der Waals surface area (Å²) in [6.45, 7) is 1.92. The van der Waals surface area contributed by atoms with E-state index in [1.807, 2.05) is 37.3 Å². The molecule has 0 unspecified atom stereocenters. The Bertz CT molecular complexity index is 446. The zero-order valence-corrected chi connectivity index (χ0v) is 7.84. The van der Waals surface area contributed by atoms with Crippen LogP contribution in [-0.4, -0.2) is 16.1 Å². The molecule has 0 amide bonds. The molecule has 1 aromatic heterocycles. The lowest BCUT2D eigenvalue weighted by molar-refractivity contribution is 0.111. The molecule has 0 aliphatic rings. The standard InChI is InChI=1S/C11H10N2O/c1-9-7-10(8-14)12-13(9)11-5-3-2-4-6-11/h2-8H,1H3. The topological polar surface area (TPSA) is 34.9 Å². The van der Waals surface area contributed by atoms with Crippen LogP contribution in [0.2, 0.25) is 0 Å². The van der Waals surface area contributed by atoms with E-state index in [9.17, 15) is 4.79 Å². The number of benzene rings is 1. The van der Waals surface area contributed by atoms with Gasteiger partial charge in [0, 0.05) is 5.69 Å². The molecule has 3 nitrogen and oxygen atoms in total. The predicted molar refractivity (Wildman–Crippen MR) is 53.7 cm³/mol. The summed E-state index contributed by atoms with van der Waals surface area (Å²) in [7, 11) is 0. The lowest BCUT2D eigenvalue weighted by Gasteiger charge is -2.02. The van der Waals surface area contributed by atoms with E-state index in [0.717, 1.165) is 17.7 Å². The van der Waals surface area contributed by atoms with Crippen molar-refractivity contribution in [3.63, 3.8) is 0 Å². The van der Waals surface area contributed by atoms with E-state index < -0.39 is 0 Å². The van der Waals surface area contributed by atoms with Gasteiger partial charge in [-0.1, -0.05) is 18.2 Å². The van der Waals surface area contributed by atoms with Gasteiger partial charge in [-0.25, -0.2) is 4.68 Å². The fourth-order valence-corrected chi connectivity index (χ4v) is 1.39. The lowest BCUT2D eigenvalue weighted by Crippen LogP contribution is -1.98.